The molecule has 1 aromatic rings. The minimum Gasteiger partial charge on any atom is -0.481 e. The molecule has 0 bridgehead atoms. The van der Waals surface area contributed by atoms with Gasteiger partial charge in [0.15, 0.2) is 5.82 Å². The largest absolute Gasteiger partial charge is 0.481 e. The number of aliphatic carboxylic acids is 1. The van der Waals surface area contributed by atoms with Crippen molar-refractivity contribution in [2.45, 2.75) is 31.4 Å². The van der Waals surface area contributed by atoms with Crippen LogP contribution in [0.25, 0.3) is 0 Å². The quantitative estimate of drug-likeness (QED) is 0.728. The summed E-state index contributed by atoms with van der Waals surface area (Å²) in [6.45, 7) is 2.08. The summed E-state index contributed by atoms with van der Waals surface area (Å²) >= 11 is 1.04. The van der Waals surface area contributed by atoms with Crippen LogP contribution in [0.1, 0.15) is 25.6 Å². The monoisotopic (exact) mass is 216 g/mol. The molecule has 14 heavy (non-hydrogen) atoms. The third-order valence-corrected chi connectivity index (χ3v) is 2.33. The number of aryl methyl sites for hydroxylation is 1. The molecular formula is C8H12N2O3S. The van der Waals surface area contributed by atoms with E-state index in [2.05, 4.69) is 17.1 Å². The van der Waals surface area contributed by atoms with E-state index in [4.69, 9.17) is 9.63 Å². The first-order valence-electron chi connectivity index (χ1n) is 4.39. The molecule has 1 aromatic heterocycles. The summed E-state index contributed by atoms with van der Waals surface area (Å²) in [4.78, 5) is 14.3. The van der Waals surface area contributed by atoms with Crippen LogP contribution in [0, 0.1) is 0 Å². The lowest BCUT2D eigenvalue weighted by molar-refractivity contribution is -0.133. The molecule has 1 N–H and O–H groups in total. The Hall–Kier alpha value is -1.04. The fraction of sp³-hybridized carbons (Fsp3) is 0.625. The molecule has 6 heteroatoms. The molecule has 0 unspecified atom stereocenters. The third kappa shape index (κ3) is 3.78. The number of unbranched alkanes of at least 4 members (excludes halogenated alkanes) is 1. The molecule has 0 aromatic carbocycles. The first kappa shape index (κ1) is 11.0. The van der Waals surface area contributed by atoms with Crippen LogP contribution in [0.5, 0.6) is 0 Å². The van der Waals surface area contributed by atoms with Gasteiger partial charge in [-0.2, -0.15) is 4.98 Å². The van der Waals surface area contributed by atoms with Crippen LogP contribution in [0.4, 0.5) is 0 Å². The van der Waals surface area contributed by atoms with Gasteiger partial charge in [0.05, 0.1) is 0 Å². The molecule has 0 fully saturated rings. The van der Waals surface area contributed by atoms with Crippen LogP contribution >= 0.6 is 11.8 Å². The number of carboxylic acid groups (broad SMARTS) is 1. The lowest BCUT2D eigenvalue weighted by Crippen LogP contribution is -1.97. The van der Waals surface area contributed by atoms with Crippen molar-refractivity contribution in [3.05, 3.63) is 5.82 Å². The summed E-state index contributed by atoms with van der Waals surface area (Å²) in [5.41, 5.74) is 0. The summed E-state index contributed by atoms with van der Waals surface area (Å²) in [7, 11) is 0. The smallest absolute Gasteiger partial charge is 0.314 e. The van der Waals surface area contributed by atoms with Crippen LogP contribution in [0.2, 0.25) is 0 Å². The first-order chi connectivity index (χ1) is 6.72. The second-order valence-electron chi connectivity index (χ2n) is 2.76. The summed E-state index contributed by atoms with van der Waals surface area (Å²) in [6, 6.07) is 0. The van der Waals surface area contributed by atoms with Gasteiger partial charge in [-0.05, 0) is 6.42 Å². The van der Waals surface area contributed by atoms with Gasteiger partial charge < -0.3 is 9.63 Å². The average molecular weight is 216 g/mol. The molecule has 78 valence electrons. The molecule has 0 aliphatic rings. The number of thioether (sulfide) groups is 1. The van der Waals surface area contributed by atoms with Gasteiger partial charge in [0, 0.05) is 6.42 Å². The summed E-state index contributed by atoms with van der Waals surface area (Å²) < 4.78 is 4.85. The third-order valence-electron chi connectivity index (χ3n) is 1.52. The normalized spacial score (nSPS) is 10.4. The highest BCUT2D eigenvalue weighted by molar-refractivity contribution is 7.99. The highest BCUT2D eigenvalue weighted by Gasteiger charge is 2.08. The second kappa shape index (κ2) is 5.64. The number of hydrogen-bond acceptors (Lipinski definition) is 5. The Morgan fingerprint density at radius 3 is 3.07 bits per heavy atom. The van der Waals surface area contributed by atoms with E-state index in [1.54, 1.807) is 0 Å². The van der Waals surface area contributed by atoms with Crippen molar-refractivity contribution in [1.82, 2.24) is 10.1 Å². The minimum atomic E-state index is -0.886. The molecule has 0 amide bonds. The van der Waals surface area contributed by atoms with Gasteiger partial charge in [-0.1, -0.05) is 30.3 Å². The molecule has 0 radical (unpaired) electrons. The van der Waals surface area contributed by atoms with Crippen molar-refractivity contribution in [3.8, 4) is 0 Å². The molecular weight excluding hydrogens is 204 g/mol. The lowest BCUT2D eigenvalue weighted by Gasteiger charge is -1.88. The van der Waals surface area contributed by atoms with Crippen molar-refractivity contribution in [3.63, 3.8) is 0 Å². The molecule has 0 aliphatic carbocycles. The second-order valence-corrected chi connectivity index (χ2v) is 3.69. The van der Waals surface area contributed by atoms with Gasteiger partial charge in [-0.15, -0.1) is 0 Å². The Balaban J connectivity index is 2.38. The molecule has 0 saturated carbocycles. The van der Waals surface area contributed by atoms with E-state index in [1.165, 1.54) is 0 Å². The van der Waals surface area contributed by atoms with Crippen LogP contribution in [0.3, 0.4) is 0 Å². The SMILES string of the molecule is CCCCc1noc(SCC(=O)O)n1. The first-order valence-corrected chi connectivity index (χ1v) is 5.38. The fourth-order valence-corrected chi connectivity index (χ4v) is 1.36. The minimum absolute atomic E-state index is 0.0462. The molecule has 0 saturated heterocycles. The van der Waals surface area contributed by atoms with E-state index in [0.717, 1.165) is 31.0 Å². The number of carbonyl (C=O) groups is 1. The average Bonchev–Trinajstić information content (AvgIpc) is 2.59. The Bertz CT molecular complexity index is 301. The maximum atomic E-state index is 10.2. The van der Waals surface area contributed by atoms with Gasteiger partial charge >= 0.3 is 5.97 Å². The Morgan fingerprint density at radius 1 is 1.64 bits per heavy atom. The maximum absolute atomic E-state index is 10.2. The number of carboxylic acids is 1. The standard InChI is InChI=1S/C8H12N2O3S/c1-2-3-4-6-9-8(13-10-6)14-5-7(11)12/h2-5H2,1H3,(H,11,12). The molecule has 0 aliphatic heterocycles. The van der Waals surface area contributed by atoms with Gasteiger partial charge in [-0.3, -0.25) is 4.79 Å². The van der Waals surface area contributed by atoms with E-state index in [0.29, 0.717) is 11.0 Å². The van der Waals surface area contributed by atoms with Crippen molar-refractivity contribution in [2.75, 3.05) is 5.75 Å². The maximum Gasteiger partial charge on any atom is 0.314 e. The topological polar surface area (TPSA) is 76.2 Å². The Morgan fingerprint density at radius 2 is 2.43 bits per heavy atom. The molecule has 0 atom stereocenters. The zero-order chi connectivity index (χ0) is 10.4. The number of aromatic nitrogens is 2. The number of hydrogen-bond donors (Lipinski definition) is 1. The molecule has 0 spiro atoms. The zero-order valence-electron chi connectivity index (χ0n) is 7.89. The fourth-order valence-electron chi connectivity index (χ4n) is 0.856. The summed E-state index contributed by atoms with van der Waals surface area (Å²) in [6.07, 6.45) is 2.88. The van der Waals surface area contributed by atoms with Crippen LogP contribution in [-0.2, 0) is 11.2 Å². The lowest BCUT2D eigenvalue weighted by atomic mass is 10.2. The van der Waals surface area contributed by atoms with E-state index in [9.17, 15) is 4.79 Å². The number of rotatable bonds is 6. The van der Waals surface area contributed by atoms with Crippen molar-refractivity contribution >= 4 is 17.7 Å². The van der Waals surface area contributed by atoms with Crippen LogP contribution in [0.15, 0.2) is 9.75 Å². The van der Waals surface area contributed by atoms with Crippen LogP contribution < -0.4 is 0 Å². The van der Waals surface area contributed by atoms with Gasteiger partial charge in [0.2, 0.25) is 0 Å². The summed E-state index contributed by atoms with van der Waals surface area (Å²) in [5, 5.41) is 12.5. The van der Waals surface area contributed by atoms with E-state index in [1.807, 2.05) is 0 Å². The predicted octanol–water partition coefficient (Wildman–Crippen LogP) is 1.59. The summed E-state index contributed by atoms with van der Waals surface area (Å²) in [5.74, 6) is -0.280. The van der Waals surface area contributed by atoms with E-state index in [-0.39, 0.29) is 5.75 Å². The Kier molecular flexibility index (Phi) is 4.45. The highest BCUT2D eigenvalue weighted by atomic mass is 32.2. The zero-order valence-corrected chi connectivity index (χ0v) is 8.71. The van der Waals surface area contributed by atoms with E-state index >= 15 is 0 Å². The van der Waals surface area contributed by atoms with Crippen LogP contribution in [-0.4, -0.2) is 27.0 Å². The Labute approximate surface area is 85.9 Å². The van der Waals surface area contributed by atoms with Gasteiger partial charge in [0.25, 0.3) is 5.22 Å². The van der Waals surface area contributed by atoms with Crippen molar-refractivity contribution in [1.29, 1.82) is 0 Å². The predicted molar refractivity (Wildman–Crippen MR) is 51.3 cm³/mol. The van der Waals surface area contributed by atoms with Crippen molar-refractivity contribution in [2.24, 2.45) is 0 Å². The van der Waals surface area contributed by atoms with E-state index < -0.39 is 5.97 Å². The molecule has 1 heterocycles. The highest BCUT2D eigenvalue weighted by Crippen LogP contribution is 2.15. The number of nitrogens with zero attached hydrogens (tertiary/aromatic N) is 2. The van der Waals surface area contributed by atoms with Gasteiger partial charge in [-0.25, -0.2) is 0 Å². The molecule has 1 rings (SSSR count). The van der Waals surface area contributed by atoms with Gasteiger partial charge in [0.1, 0.15) is 5.75 Å². The van der Waals surface area contributed by atoms with Crippen molar-refractivity contribution < 1.29 is 14.4 Å². The molecule has 5 nitrogen and oxygen atoms in total.